The first-order chi connectivity index (χ1) is 12.0. The lowest BCUT2D eigenvalue weighted by Gasteiger charge is -2.24. The summed E-state index contributed by atoms with van der Waals surface area (Å²) in [6.07, 6.45) is 0. The van der Waals surface area contributed by atoms with Crippen LogP contribution in [0.25, 0.3) is 0 Å². The normalized spacial score (nSPS) is 16.7. The van der Waals surface area contributed by atoms with Crippen molar-refractivity contribution in [2.24, 2.45) is 0 Å². The highest BCUT2D eigenvalue weighted by atomic mass is 35.5. The molecule has 6 nitrogen and oxygen atoms in total. The number of rotatable bonds is 5. The van der Waals surface area contributed by atoms with Crippen LogP contribution in [0.2, 0.25) is 5.02 Å². The highest BCUT2D eigenvalue weighted by molar-refractivity contribution is 8.00. The quantitative estimate of drug-likeness (QED) is 0.583. The molecule has 1 saturated heterocycles. The van der Waals surface area contributed by atoms with Gasteiger partial charge < -0.3 is 9.64 Å². The number of amides is 1. The highest BCUT2D eigenvalue weighted by Gasteiger charge is 2.30. The number of carbonyl (C=O) groups is 1. The Hall–Kier alpha value is -2.25. The van der Waals surface area contributed by atoms with Gasteiger partial charge in [0.2, 0.25) is 0 Å². The fourth-order valence-electron chi connectivity index (χ4n) is 2.48. The molecule has 1 atom stereocenters. The third kappa shape index (κ3) is 4.24. The van der Waals surface area contributed by atoms with E-state index in [1.165, 1.54) is 12.1 Å². The van der Waals surface area contributed by atoms with E-state index in [2.05, 4.69) is 0 Å². The first-order valence-corrected chi connectivity index (χ1v) is 9.02. The molecule has 0 radical (unpaired) electrons. The molecule has 0 aromatic heterocycles. The van der Waals surface area contributed by atoms with Crippen molar-refractivity contribution in [2.75, 3.05) is 18.9 Å². The number of nitro benzene ring substituents is 1. The maximum atomic E-state index is 12.6. The first kappa shape index (κ1) is 17.6. The summed E-state index contributed by atoms with van der Waals surface area (Å²) in [6.45, 7) is 0.974. The lowest BCUT2D eigenvalue weighted by molar-refractivity contribution is -0.384. The molecule has 1 fully saturated rings. The molecule has 0 N–H and O–H groups in total. The molecule has 2 aromatic carbocycles. The Kier molecular flexibility index (Phi) is 5.45. The molecular weight excluding hydrogens is 364 g/mol. The fraction of sp³-hybridized carbons (Fsp3) is 0.235. The van der Waals surface area contributed by atoms with Gasteiger partial charge in [0.1, 0.15) is 17.7 Å². The minimum Gasteiger partial charge on any atom is -0.491 e. The van der Waals surface area contributed by atoms with Crippen LogP contribution < -0.4 is 4.74 Å². The third-order valence-electron chi connectivity index (χ3n) is 3.78. The van der Waals surface area contributed by atoms with E-state index in [0.29, 0.717) is 29.5 Å². The van der Waals surface area contributed by atoms with E-state index in [9.17, 15) is 14.9 Å². The maximum absolute atomic E-state index is 12.6. The summed E-state index contributed by atoms with van der Waals surface area (Å²) < 4.78 is 5.70. The number of hydrogen-bond donors (Lipinski definition) is 0. The predicted octanol–water partition coefficient (Wildman–Crippen LogP) is 3.84. The Morgan fingerprint density at radius 1 is 1.24 bits per heavy atom. The topological polar surface area (TPSA) is 72.7 Å². The van der Waals surface area contributed by atoms with Crippen LogP contribution in [-0.2, 0) is 0 Å². The summed E-state index contributed by atoms with van der Waals surface area (Å²) in [7, 11) is 0. The lowest BCUT2D eigenvalue weighted by atomic mass is 10.2. The minimum absolute atomic E-state index is 0.0159. The van der Waals surface area contributed by atoms with E-state index in [1.807, 2.05) is 0 Å². The molecule has 0 saturated carbocycles. The Morgan fingerprint density at radius 2 is 1.92 bits per heavy atom. The fourth-order valence-corrected chi connectivity index (χ4v) is 3.73. The molecule has 0 spiro atoms. The minimum atomic E-state index is -0.455. The van der Waals surface area contributed by atoms with E-state index in [1.54, 1.807) is 53.1 Å². The molecule has 0 unspecified atom stereocenters. The van der Waals surface area contributed by atoms with E-state index in [-0.39, 0.29) is 17.0 Å². The van der Waals surface area contributed by atoms with E-state index < -0.39 is 4.92 Å². The summed E-state index contributed by atoms with van der Waals surface area (Å²) in [5.74, 6) is 1.32. The van der Waals surface area contributed by atoms with Gasteiger partial charge >= 0.3 is 0 Å². The summed E-state index contributed by atoms with van der Waals surface area (Å²) in [6, 6.07) is 12.7. The number of hydrogen-bond acceptors (Lipinski definition) is 5. The predicted molar refractivity (Wildman–Crippen MR) is 97.3 cm³/mol. The van der Waals surface area contributed by atoms with E-state index in [0.717, 1.165) is 5.75 Å². The van der Waals surface area contributed by atoms with Crippen LogP contribution in [0, 0.1) is 10.1 Å². The molecule has 0 aliphatic carbocycles. The van der Waals surface area contributed by atoms with Gasteiger partial charge in [0.15, 0.2) is 0 Å². The SMILES string of the molecule is O=C(c1ccc(Cl)cc1)N1CCS[C@H]1COc1ccc([N+](=O)[O-])cc1. The molecule has 3 rings (SSSR count). The second-order valence-electron chi connectivity index (χ2n) is 5.39. The molecule has 8 heteroatoms. The molecule has 1 aliphatic heterocycles. The van der Waals surface area contributed by atoms with Gasteiger partial charge in [-0.15, -0.1) is 11.8 Å². The number of halogens is 1. The zero-order valence-corrected chi connectivity index (χ0v) is 14.7. The van der Waals surface area contributed by atoms with Gasteiger partial charge in [-0.1, -0.05) is 11.6 Å². The molecule has 130 valence electrons. The Bertz CT molecular complexity index is 767. The van der Waals surface area contributed by atoms with Crippen LogP contribution >= 0.6 is 23.4 Å². The monoisotopic (exact) mass is 378 g/mol. The lowest BCUT2D eigenvalue weighted by Crippen LogP contribution is -2.38. The van der Waals surface area contributed by atoms with Crippen molar-refractivity contribution >= 4 is 35.0 Å². The Balaban J connectivity index is 1.62. The van der Waals surface area contributed by atoms with Gasteiger partial charge in [0.25, 0.3) is 11.6 Å². The first-order valence-electron chi connectivity index (χ1n) is 7.60. The van der Waals surface area contributed by atoms with Crippen molar-refractivity contribution in [3.63, 3.8) is 0 Å². The summed E-state index contributed by atoms with van der Waals surface area (Å²) in [5.41, 5.74) is 0.606. The van der Waals surface area contributed by atoms with Crippen molar-refractivity contribution in [2.45, 2.75) is 5.37 Å². The zero-order valence-electron chi connectivity index (χ0n) is 13.1. The number of benzene rings is 2. The van der Waals surface area contributed by atoms with Gasteiger partial charge in [0, 0.05) is 35.0 Å². The molecular formula is C17H15ClN2O4S. The average Bonchev–Trinajstić information content (AvgIpc) is 3.09. The average molecular weight is 379 g/mol. The molecule has 25 heavy (non-hydrogen) atoms. The summed E-state index contributed by atoms with van der Waals surface area (Å²) >= 11 is 7.51. The summed E-state index contributed by atoms with van der Waals surface area (Å²) in [4.78, 5) is 24.6. The number of non-ortho nitro benzene ring substituents is 1. The molecule has 2 aromatic rings. The van der Waals surface area contributed by atoms with Crippen molar-refractivity contribution in [1.29, 1.82) is 0 Å². The number of nitro groups is 1. The Labute approximate surface area is 153 Å². The van der Waals surface area contributed by atoms with Crippen LogP contribution in [0.4, 0.5) is 5.69 Å². The van der Waals surface area contributed by atoms with Gasteiger partial charge in [0.05, 0.1) is 4.92 Å². The largest absolute Gasteiger partial charge is 0.491 e. The van der Waals surface area contributed by atoms with Gasteiger partial charge in [-0.25, -0.2) is 0 Å². The van der Waals surface area contributed by atoms with Crippen LogP contribution in [0.5, 0.6) is 5.75 Å². The smallest absolute Gasteiger partial charge is 0.269 e. The number of nitrogens with zero attached hydrogens (tertiary/aromatic N) is 2. The third-order valence-corrected chi connectivity index (χ3v) is 5.23. The Morgan fingerprint density at radius 3 is 2.56 bits per heavy atom. The second kappa shape index (κ2) is 7.76. The number of carbonyl (C=O) groups excluding carboxylic acids is 1. The van der Waals surface area contributed by atoms with Gasteiger partial charge in [-0.3, -0.25) is 14.9 Å². The van der Waals surface area contributed by atoms with Crippen molar-refractivity contribution in [1.82, 2.24) is 4.90 Å². The van der Waals surface area contributed by atoms with Crippen LogP contribution in [0.3, 0.4) is 0 Å². The van der Waals surface area contributed by atoms with Crippen molar-refractivity contribution in [3.8, 4) is 5.75 Å². The highest BCUT2D eigenvalue weighted by Crippen LogP contribution is 2.27. The summed E-state index contributed by atoms with van der Waals surface area (Å²) in [5, 5.41) is 11.2. The van der Waals surface area contributed by atoms with E-state index >= 15 is 0 Å². The van der Waals surface area contributed by atoms with E-state index in [4.69, 9.17) is 16.3 Å². The van der Waals surface area contributed by atoms with Crippen LogP contribution in [0.1, 0.15) is 10.4 Å². The zero-order chi connectivity index (χ0) is 17.8. The van der Waals surface area contributed by atoms with Crippen LogP contribution in [0.15, 0.2) is 48.5 Å². The van der Waals surface area contributed by atoms with Crippen molar-refractivity contribution < 1.29 is 14.5 Å². The molecule has 1 amide bonds. The molecule has 1 aliphatic rings. The number of ether oxygens (including phenoxy) is 1. The second-order valence-corrected chi connectivity index (χ2v) is 7.12. The standard InChI is InChI=1S/C17H15ClN2O4S/c18-13-3-1-12(2-4-13)17(21)19-9-10-25-16(19)11-24-15-7-5-14(6-8-15)20(22)23/h1-8,16H,9-11H2/t16-/m0/s1. The maximum Gasteiger partial charge on any atom is 0.269 e. The molecule has 0 bridgehead atoms. The number of thioether (sulfide) groups is 1. The van der Waals surface area contributed by atoms with Gasteiger partial charge in [-0.2, -0.15) is 0 Å². The van der Waals surface area contributed by atoms with Gasteiger partial charge in [-0.05, 0) is 36.4 Å². The van der Waals surface area contributed by atoms with Crippen LogP contribution in [-0.4, -0.2) is 40.0 Å². The molecule has 1 heterocycles. The van der Waals surface area contributed by atoms with Crippen molar-refractivity contribution in [3.05, 3.63) is 69.2 Å².